The lowest BCUT2D eigenvalue weighted by molar-refractivity contribution is -0.123. The first-order valence-electron chi connectivity index (χ1n) is 6.66. The van der Waals surface area contributed by atoms with Gasteiger partial charge in [0.1, 0.15) is 6.61 Å². The van der Waals surface area contributed by atoms with Crippen molar-refractivity contribution in [3.63, 3.8) is 0 Å². The Kier molecular flexibility index (Phi) is 5.52. The molecule has 2 N–H and O–H groups in total. The van der Waals surface area contributed by atoms with Gasteiger partial charge >= 0.3 is 0 Å². The molecular formula is C14H18Cl2N2O2. The summed E-state index contributed by atoms with van der Waals surface area (Å²) in [5.41, 5.74) is 5.31. The number of ether oxygens (including phenoxy) is 1. The van der Waals surface area contributed by atoms with E-state index in [9.17, 15) is 4.79 Å². The Balaban J connectivity index is 1.76. The van der Waals surface area contributed by atoms with E-state index in [4.69, 9.17) is 33.7 Å². The number of benzene rings is 1. The maximum Gasteiger partial charge on any atom is 0.220 e. The highest BCUT2D eigenvalue weighted by Gasteiger charge is 2.22. The number of piperidine rings is 1. The SMILES string of the molecule is NC(=O)C1CCN(CCOc2c(Cl)cccc2Cl)CC1. The minimum Gasteiger partial charge on any atom is -0.489 e. The lowest BCUT2D eigenvalue weighted by Crippen LogP contribution is -2.40. The maximum absolute atomic E-state index is 11.1. The molecule has 0 bridgehead atoms. The van der Waals surface area contributed by atoms with Crippen LogP contribution in [0.3, 0.4) is 0 Å². The summed E-state index contributed by atoms with van der Waals surface area (Å²) < 4.78 is 5.65. The lowest BCUT2D eigenvalue weighted by atomic mass is 9.96. The number of para-hydroxylation sites is 1. The van der Waals surface area contributed by atoms with Gasteiger partial charge in [-0.3, -0.25) is 9.69 Å². The van der Waals surface area contributed by atoms with Crippen LogP contribution in [0.1, 0.15) is 12.8 Å². The number of carbonyl (C=O) groups is 1. The number of hydrogen-bond acceptors (Lipinski definition) is 3. The van der Waals surface area contributed by atoms with Gasteiger partial charge in [-0.1, -0.05) is 29.3 Å². The van der Waals surface area contributed by atoms with E-state index in [1.54, 1.807) is 18.2 Å². The van der Waals surface area contributed by atoms with Crippen molar-refractivity contribution in [1.82, 2.24) is 4.90 Å². The summed E-state index contributed by atoms with van der Waals surface area (Å²) in [6, 6.07) is 5.29. The monoisotopic (exact) mass is 316 g/mol. The van der Waals surface area contributed by atoms with Crippen LogP contribution in [0.5, 0.6) is 5.75 Å². The van der Waals surface area contributed by atoms with Crippen LogP contribution in [0.15, 0.2) is 18.2 Å². The van der Waals surface area contributed by atoms with Crippen LogP contribution in [0.4, 0.5) is 0 Å². The van der Waals surface area contributed by atoms with Crippen molar-refractivity contribution in [2.75, 3.05) is 26.2 Å². The molecule has 4 nitrogen and oxygen atoms in total. The average molecular weight is 317 g/mol. The van der Waals surface area contributed by atoms with Crippen molar-refractivity contribution in [1.29, 1.82) is 0 Å². The van der Waals surface area contributed by atoms with Crippen molar-refractivity contribution < 1.29 is 9.53 Å². The highest BCUT2D eigenvalue weighted by atomic mass is 35.5. The van der Waals surface area contributed by atoms with Gasteiger partial charge in [-0.2, -0.15) is 0 Å². The van der Waals surface area contributed by atoms with Gasteiger partial charge in [0.25, 0.3) is 0 Å². The fourth-order valence-corrected chi connectivity index (χ4v) is 2.84. The van der Waals surface area contributed by atoms with Crippen LogP contribution in [0.25, 0.3) is 0 Å². The molecule has 1 saturated heterocycles. The molecule has 0 saturated carbocycles. The third-order valence-corrected chi connectivity index (χ3v) is 4.16. The molecular weight excluding hydrogens is 299 g/mol. The standard InChI is InChI=1S/C14H18Cl2N2O2/c15-11-2-1-3-12(16)13(11)20-9-8-18-6-4-10(5-7-18)14(17)19/h1-3,10H,4-9H2,(H2,17,19). The van der Waals surface area contributed by atoms with Crippen molar-refractivity contribution in [2.24, 2.45) is 11.7 Å². The minimum absolute atomic E-state index is 0.0187. The molecule has 0 spiro atoms. The summed E-state index contributed by atoms with van der Waals surface area (Å²) >= 11 is 12.1. The zero-order valence-electron chi connectivity index (χ0n) is 11.1. The van der Waals surface area contributed by atoms with Gasteiger partial charge in [0.05, 0.1) is 10.0 Å². The quantitative estimate of drug-likeness (QED) is 0.908. The molecule has 0 aromatic heterocycles. The first kappa shape index (κ1) is 15.4. The van der Waals surface area contributed by atoms with E-state index in [2.05, 4.69) is 4.90 Å². The Morgan fingerprint density at radius 3 is 2.45 bits per heavy atom. The predicted molar refractivity (Wildman–Crippen MR) is 80.3 cm³/mol. The van der Waals surface area contributed by atoms with Gasteiger partial charge in [-0.05, 0) is 38.1 Å². The van der Waals surface area contributed by atoms with Crippen LogP contribution in [0.2, 0.25) is 10.0 Å². The normalized spacial score (nSPS) is 17.1. The third-order valence-electron chi connectivity index (χ3n) is 3.56. The molecule has 0 unspecified atom stereocenters. The van der Waals surface area contributed by atoms with E-state index >= 15 is 0 Å². The number of primary amides is 1. The average Bonchev–Trinajstić information content (AvgIpc) is 2.42. The van der Waals surface area contributed by atoms with E-state index in [1.807, 2.05) is 0 Å². The number of nitrogens with zero attached hydrogens (tertiary/aromatic N) is 1. The van der Waals surface area contributed by atoms with Crippen LogP contribution in [-0.2, 0) is 4.79 Å². The number of hydrogen-bond donors (Lipinski definition) is 1. The number of nitrogens with two attached hydrogens (primary N) is 1. The van der Waals surface area contributed by atoms with E-state index in [1.165, 1.54) is 0 Å². The minimum atomic E-state index is -0.191. The molecule has 110 valence electrons. The van der Waals surface area contributed by atoms with Gasteiger partial charge in [-0.25, -0.2) is 0 Å². The topological polar surface area (TPSA) is 55.6 Å². The molecule has 1 aromatic carbocycles. The van der Waals surface area contributed by atoms with Crippen LogP contribution >= 0.6 is 23.2 Å². The van der Waals surface area contributed by atoms with Gasteiger partial charge < -0.3 is 10.5 Å². The highest BCUT2D eigenvalue weighted by molar-refractivity contribution is 6.37. The first-order chi connectivity index (χ1) is 9.58. The molecule has 6 heteroatoms. The molecule has 0 radical (unpaired) electrons. The summed E-state index contributed by atoms with van der Waals surface area (Å²) in [5.74, 6) is 0.358. The molecule has 2 rings (SSSR count). The maximum atomic E-state index is 11.1. The van der Waals surface area contributed by atoms with Gasteiger partial charge in [0.15, 0.2) is 5.75 Å². The van der Waals surface area contributed by atoms with Crippen molar-refractivity contribution in [3.8, 4) is 5.75 Å². The molecule has 1 aliphatic heterocycles. The fourth-order valence-electron chi connectivity index (χ4n) is 2.34. The summed E-state index contributed by atoms with van der Waals surface area (Å²) in [6.45, 7) is 3.04. The number of amides is 1. The molecule has 1 aliphatic rings. The highest BCUT2D eigenvalue weighted by Crippen LogP contribution is 2.32. The fraction of sp³-hybridized carbons (Fsp3) is 0.500. The summed E-state index contributed by atoms with van der Waals surface area (Å²) in [4.78, 5) is 13.3. The Labute approximate surface area is 128 Å². The van der Waals surface area contributed by atoms with Crippen molar-refractivity contribution in [3.05, 3.63) is 28.2 Å². The largest absolute Gasteiger partial charge is 0.489 e. The Morgan fingerprint density at radius 2 is 1.90 bits per heavy atom. The molecule has 1 aromatic rings. The molecule has 20 heavy (non-hydrogen) atoms. The molecule has 1 fully saturated rings. The zero-order valence-corrected chi connectivity index (χ0v) is 12.7. The van der Waals surface area contributed by atoms with Crippen LogP contribution in [0, 0.1) is 5.92 Å². The predicted octanol–water partition coefficient (Wildman–Crippen LogP) is 2.57. The zero-order chi connectivity index (χ0) is 14.5. The first-order valence-corrected chi connectivity index (χ1v) is 7.42. The second kappa shape index (κ2) is 7.16. The molecule has 0 aliphatic carbocycles. The summed E-state index contributed by atoms with van der Waals surface area (Å²) in [7, 11) is 0. The van der Waals surface area contributed by atoms with Crippen LogP contribution in [-0.4, -0.2) is 37.0 Å². The van der Waals surface area contributed by atoms with Crippen molar-refractivity contribution >= 4 is 29.1 Å². The Hall–Kier alpha value is -0.970. The van der Waals surface area contributed by atoms with E-state index < -0.39 is 0 Å². The molecule has 0 atom stereocenters. The summed E-state index contributed by atoms with van der Waals surface area (Å²) in [5, 5.41) is 1.04. The summed E-state index contributed by atoms with van der Waals surface area (Å²) in [6.07, 6.45) is 1.64. The number of carbonyl (C=O) groups excluding carboxylic acids is 1. The Bertz CT molecular complexity index is 454. The van der Waals surface area contributed by atoms with Gasteiger partial charge in [0.2, 0.25) is 5.91 Å². The Morgan fingerprint density at radius 1 is 1.30 bits per heavy atom. The van der Waals surface area contributed by atoms with Gasteiger partial charge in [0, 0.05) is 12.5 Å². The van der Waals surface area contributed by atoms with E-state index in [0.29, 0.717) is 22.4 Å². The van der Waals surface area contributed by atoms with Crippen molar-refractivity contribution in [2.45, 2.75) is 12.8 Å². The second-order valence-electron chi connectivity index (χ2n) is 4.92. The number of likely N-dealkylation sites (tertiary alicyclic amines) is 1. The molecule has 1 heterocycles. The van der Waals surface area contributed by atoms with Gasteiger partial charge in [-0.15, -0.1) is 0 Å². The number of rotatable bonds is 5. The lowest BCUT2D eigenvalue weighted by Gasteiger charge is -2.30. The number of halogens is 2. The third kappa shape index (κ3) is 4.01. The second-order valence-corrected chi connectivity index (χ2v) is 5.73. The van der Waals surface area contributed by atoms with Crippen LogP contribution < -0.4 is 10.5 Å². The van der Waals surface area contributed by atoms with E-state index in [0.717, 1.165) is 32.5 Å². The van der Waals surface area contributed by atoms with E-state index in [-0.39, 0.29) is 11.8 Å². The molecule has 1 amide bonds. The smallest absolute Gasteiger partial charge is 0.220 e.